The first-order valence-electron chi connectivity index (χ1n) is 5.69. The zero-order valence-electron chi connectivity index (χ0n) is 9.94. The second-order valence-electron chi connectivity index (χ2n) is 3.78. The van der Waals surface area contributed by atoms with Crippen LogP contribution in [0.2, 0.25) is 5.15 Å². The van der Waals surface area contributed by atoms with Crippen molar-refractivity contribution < 1.29 is 4.74 Å². The van der Waals surface area contributed by atoms with Crippen LogP contribution in [-0.2, 0) is 0 Å². The predicted octanol–water partition coefficient (Wildman–Crippen LogP) is 4.25. The minimum Gasteiger partial charge on any atom is -0.493 e. The fourth-order valence-electron chi connectivity index (χ4n) is 1.61. The molecule has 18 heavy (non-hydrogen) atoms. The molecule has 0 atom stereocenters. The fraction of sp³-hybridized carbons (Fsp3) is 0.231. The largest absolute Gasteiger partial charge is 0.493 e. The lowest BCUT2D eigenvalue weighted by atomic mass is 10.1. The maximum absolute atomic E-state index is 5.89. The minimum atomic E-state index is 0.379. The maximum Gasteiger partial charge on any atom is 0.150 e. The van der Waals surface area contributed by atoms with E-state index in [1.807, 2.05) is 24.3 Å². The molecule has 1 aromatic carbocycles. The van der Waals surface area contributed by atoms with Crippen LogP contribution in [0, 0.1) is 4.64 Å². The summed E-state index contributed by atoms with van der Waals surface area (Å²) in [5, 5.41) is 6.96. The lowest BCUT2D eigenvalue weighted by Crippen LogP contribution is -1.97. The number of nitrogens with one attached hydrogen (secondary N) is 1. The van der Waals surface area contributed by atoms with Gasteiger partial charge in [-0.05, 0) is 18.6 Å². The number of nitrogens with zero attached hydrogens (tertiary/aromatic N) is 1. The molecule has 5 heteroatoms. The summed E-state index contributed by atoms with van der Waals surface area (Å²) in [5.74, 6) is 0.807. The molecule has 1 N–H and O–H groups in total. The van der Waals surface area contributed by atoms with Gasteiger partial charge in [0.15, 0.2) is 0 Å². The van der Waals surface area contributed by atoms with E-state index in [9.17, 15) is 0 Å². The van der Waals surface area contributed by atoms with Gasteiger partial charge in [0.1, 0.15) is 15.5 Å². The third-order valence-corrected chi connectivity index (χ3v) is 2.92. The van der Waals surface area contributed by atoms with E-state index in [1.165, 1.54) is 0 Å². The number of rotatable bonds is 4. The molecule has 94 valence electrons. The molecule has 1 heterocycles. The van der Waals surface area contributed by atoms with E-state index < -0.39 is 0 Å². The normalized spacial score (nSPS) is 10.3. The van der Waals surface area contributed by atoms with E-state index in [2.05, 4.69) is 17.1 Å². The molecule has 3 nitrogen and oxygen atoms in total. The Morgan fingerprint density at radius 3 is 2.89 bits per heavy atom. The van der Waals surface area contributed by atoms with Crippen molar-refractivity contribution in [2.45, 2.75) is 13.3 Å². The molecule has 0 spiro atoms. The Hall–Kier alpha value is -1.39. The van der Waals surface area contributed by atoms with E-state index in [0.29, 0.717) is 16.4 Å². The van der Waals surface area contributed by atoms with Crippen molar-refractivity contribution in [2.75, 3.05) is 6.61 Å². The number of H-pyrrole nitrogens is 1. The third-order valence-electron chi connectivity index (χ3n) is 2.41. The fourth-order valence-corrected chi connectivity index (χ4v) is 1.97. The van der Waals surface area contributed by atoms with E-state index in [-0.39, 0.29) is 0 Å². The van der Waals surface area contributed by atoms with Crippen molar-refractivity contribution >= 4 is 23.8 Å². The van der Waals surface area contributed by atoms with Crippen molar-refractivity contribution in [3.8, 4) is 16.9 Å². The molecule has 0 fully saturated rings. The number of aromatic amines is 1. The number of hydrogen-bond donors (Lipinski definition) is 1. The summed E-state index contributed by atoms with van der Waals surface area (Å²) in [6.07, 6.45) is 0.957. The number of halogens is 1. The van der Waals surface area contributed by atoms with Crippen molar-refractivity contribution in [3.63, 3.8) is 0 Å². The summed E-state index contributed by atoms with van der Waals surface area (Å²) >= 11 is 11.1. The summed E-state index contributed by atoms with van der Waals surface area (Å²) in [6, 6.07) is 9.50. The van der Waals surface area contributed by atoms with Gasteiger partial charge >= 0.3 is 0 Å². The Kier molecular flexibility index (Phi) is 4.33. The number of para-hydroxylation sites is 1. The lowest BCUT2D eigenvalue weighted by molar-refractivity contribution is 0.318. The van der Waals surface area contributed by atoms with Gasteiger partial charge in [-0.1, -0.05) is 48.9 Å². The highest BCUT2D eigenvalue weighted by Crippen LogP contribution is 2.31. The van der Waals surface area contributed by atoms with Gasteiger partial charge in [0.2, 0.25) is 0 Å². The van der Waals surface area contributed by atoms with Crippen LogP contribution in [0.25, 0.3) is 11.1 Å². The Balaban J connectivity index is 2.49. The minimum absolute atomic E-state index is 0.379. The Morgan fingerprint density at radius 2 is 2.11 bits per heavy atom. The molecule has 1 aromatic heterocycles. The Morgan fingerprint density at radius 1 is 1.33 bits per heavy atom. The molecule has 0 aliphatic carbocycles. The Bertz CT molecular complexity index is 598. The molecule has 0 aliphatic rings. The molecule has 2 aromatic rings. The lowest BCUT2D eigenvalue weighted by Gasteiger charge is -2.10. The van der Waals surface area contributed by atoms with E-state index in [4.69, 9.17) is 28.6 Å². The standard InChI is InChI=1S/C13H13ClN2OS/c1-2-7-17-11-6-4-3-5-9(11)10-8-12(14)15-16-13(10)18/h3-6,8H,2,7H2,1H3,(H,16,18). The molecule has 0 aliphatic heterocycles. The van der Waals surface area contributed by atoms with Gasteiger partial charge in [-0.3, -0.25) is 5.10 Å². The van der Waals surface area contributed by atoms with Gasteiger partial charge in [-0.15, -0.1) is 0 Å². The van der Waals surface area contributed by atoms with Crippen LogP contribution in [0.5, 0.6) is 5.75 Å². The van der Waals surface area contributed by atoms with Gasteiger partial charge in [0.25, 0.3) is 0 Å². The Labute approximate surface area is 116 Å². The highest BCUT2D eigenvalue weighted by Gasteiger charge is 2.08. The number of ether oxygens (including phenoxy) is 1. The summed E-state index contributed by atoms with van der Waals surface area (Å²) in [7, 11) is 0. The monoisotopic (exact) mass is 280 g/mol. The van der Waals surface area contributed by atoms with E-state index in [1.54, 1.807) is 6.07 Å². The van der Waals surface area contributed by atoms with Gasteiger partial charge in [-0.25, -0.2) is 0 Å². The second kappa shape index (κ2) is 5.98. The van der Waals surface area contributed by atoms with Gasteiger partial charge in [0, 0.05) is 11.1 Å². The van der Waals surface area contributed by atoms with E-state index >= 15 is 0 Å². The number of benzene rings is 1. The molecule has 0 bridgehead atoms. The molecule has 0 radical (unpaired) electrons. The predicted molar refractivity (Wildman–Crippen MR) is 75.7 cm³/mol. The zero-order chi connectivity index (χ0) is 13.0. The zero-order valence-corrected chi connectivity index (χ0v) is 11.5. The van der Waals surface area contributed by atoms with Crippen LogP contribution < -0.4 is 4.74 Å². The molecule has 2 rings (SSSR count). The number of hydrogen-bond acceptors (Lipinski definition) is 3. The van der Waals surface area contributed by atoms with Crippen molar-refractivity contribution in [2.24, 2.45) is 0 Å². The average molecular weight is 281 g/mol. The smallest absolute Gasteiger partial charge is 0.150 e. The summed E-state index contributed by atoms with van der Waals surface area (Å²) in [6.45, 7) is 2.74. The topological polar surface area (TPSA) is 37.9 Å². The van der Waals surface area contributed by atoms with Gasteiger partial charge < -0.3 is 4.74 Å². The van der Waals surface area contributed by atoms with Crippen LogP contribution in [0.4, 0.5) is 0 Å². The van der Waals surface area contributed by atoms with Crippen LogP contribution >= 0.6 is 23.8 Å². The van der Waals surface area contributed by atoms with Crippen molar-refractivity contribution in [1.29, 1.82) is 0 Å². The van der Waals surface area contributed by atoms with Gasteiger partial charge in [-0.2, -0.15) is 5.10 Å². The molecule has 0 saturated heterocycles. The molecule has 0 unspecified atom stereocenters. The molecular weight excluding hydrogens is 268 g/mol. The molecule has 0 amide bonds. The summed E-state index contributed by atoms with van der Waals surface area (Å²) in [5.41, 5.74) is 1.76. The SMILES string of the molecule is CCCOc1ccccc1-c1cc(Cl)n[nH]c1=S. The van der Waals surface area contributed by atoms with Crippen LogP contribution in [-0.4, -0.2) is 16.8 Å². The first-order chi connectivity index (χ1) is 8.72. The molecule has 0 saturated carbocycles. The summed E-state index contributed by atoms with van der Waals surface area (Å²) < 4.78 is 6.26. The van der Waals surface area contributed by atoms with Crippen LogP contribution in [0.1, 0.15) is 13.3 Å². The van der Waals surface area contributed by atoms with Gasteiger partial charge in [0.05, 0.1) is 6.61 Å². The average Bonchev–Trinajstić information content (AvgIpc) is 2.39. The highest BCUT2D eigenvalue weighted by molar-refractivity contribution is 7.71. The van der Waals surface area contributed by atoms with Crippen molar-refractivity contribution in [1.82, 2.24) is 10.2 Å². The number of aromatic nitrogens is 2. The first kappa shape index (κ1) is 13.1. The maximum atomic E-state index is 5.89. The quantitative estimate of drug-likeness (QED) is 0.851. The summed E-state index contributed by atoms with van der Waals surface area (Å²) in [4.78, 5) is 0. The van der Waals surface area contributed by atoms with Crippen molar-refractivity contribution in [3.05, 3.63) is 40.1 Å². The second-order valence-corrected chi connectivity index (χ2v) is 4.57. The third kappa shape index (κ3) is 2.89. The first-order valence-corrected chi connectivity index (χ1v) is 6.48. The molecular formula is C13H13ClN2OS. The van der Waals surface area contributed by atoms with Crippen LogP contribution in [0.15, 0.2) is 30.3 Å². The van der Waals surface area contributed by atoms with Crippen LogP contribution in [0.3, 0.4) is 0 Å². The van der Waals surface area contributed by atoms with E-state index in [0.717, 1.165) is 23.3 Å². The highest BCUT2D eigenvalue weighted by atomic mass is 35.5.